The number of nitrogens with zero attached hydrogens (tertiary/aromatic N) is 2. The van der Waals surface area contributed by atoms with Gasteiger partial charge in [-0.1, -0.05) is 6.92 Å². The van der Waals surface area contributed by atoms with E-state index in [0.29, 0.717) is 0 Å². The first-order chi connectivity index (χ1) is 8.58. The summed E-state index contributed by atoms with van der Waals surface area (Å²) in [6, 6.07) is 0.0773. The van der Waals surface area contributed by atoms with Crippen molar-refractivity contribution in [3.63, 3.8) is 0 Å². The fourth-order valence-corrected chi connectivity index (χ4v) is 2.00. The summed E-state index contributed by atoms with van der Waals surface area (Å²) in [6.45, 7) is 1.99. The molecule has 0 saturated heterocycles. The summed E-state index contributed by atoms with van der Waals surface area (Å²) in [7, 11) is 0. The maximum atomic E-state index is 11.8. The average molecular weight is 269 g/mol. The van der Waals surface area contributed by atoms with E-state index in [0.717, 1.165) is 18.4 Å². The monoisotopic (exact) mass is 269 g/mol. The zero-order chi connectivity index (χ0) is 13.5. The summed E-state index contributed by atoms with van der Waals surface area (Å²) >= 11 is 1.65. The highest BCUT2D eigenvalue weighted by Gasteiger charge is 2.14. The predicted molar refractivity (Wildman–Crippen MR) is 68.9 cm³/mol. The predicted octanol–water partition coefficient (Wildman–Crippen LogP) is 1.05. The van der Waals surface area contributed by atoms with Crippen LogP contribution in [0.15, 0.2) is 12.4 Å². The third kappa shape index (κ3) is 3.99. The van der Waals surface area contributed by atoms with Crippen LogP contribution < -0.4 is 5.32 Å². The molecule has 1 rings (SSSR count). The third-order valence-electron chi connectivity index (χ3n) is 2.30. The van der Waals surface area contributed by atoms with Gasteiger partial charge in [0.05, 0.1) is 12.4 Å². The van der Waals surface area contributed by atoms with Crippen molar-refractivity contribution in [2.24, 2.45) is 0 Å². The number of carbonyl (C=O) groups excluding carboxylic acids is 1. The molecule has 0 radical (unpaired) electrons. The van der Waals surface area contributed by atoms with Gasteiger partial charge in [-0.25, -0.2) is 14.8 Å². The van der Waals surface area contributed by atoms with E-state index in [1.807, 2.05) is 13.2 Å². The van der Waals surface area contributed by atoms with Crippen LogP contribution >= 0.6 is 11.8 Å². The number of carbonyl (C=O) groups is 2. The van der Waals surface area contributed by atoms with E-state index >= 15 is 0 Å². The smallest absolute Gasteiger partial charge is 0.356 e. The Morgan fingerprint density at radius 3 is 2.44 bits per heavy atom. The summed E-state index contributed by atoms with van der Waals surface area (Å²) < 4.78 is 0. The van der Waals surface area contributed by atoms with Gasteiger partial charge in [-0.05, 0) is 12.7 Å². The lowest BCUT2D eigenvalue weighted by atomic mass is 10.2. The van der Waals surface area contributed by atoms with Crippen molar-refractivity contribution in [1.82, 2.24) is 15.3 Å². The van der Waals surface area contributed by atoms with Gasteiger partial charge in [0.15, 0.2) is 5.69 Å². The Morgan fingerprint density at radius 2 is 2.00 bits per heavy atom. The first kappa shape index (κ1) is 14.4. The quantitative estimate of drug-likeness (QED) is 0.802. The summed E-state index contributed by atoms with van der Waals surface area (Å²) in [5.41, 5.74) is -0.0535. The van der Waals surface area contributed by atoms with E-state index < -0.39 is 5.97 Å². The lowest BCUT2D eigenvalue weighted by Gasteiger charge is -2.15. The maximum absolute atomic E-state index is 11.8. The number of nitrogens with one attached hydrogen (secondary N) is 1. The highest BCUT2D eigenvalue weighted by Crippen LogP contribution is 2.03. The van der Waals surface area contributed by atoms with Crippen molar-refractivity contribution in [3.8, 4) is 0 Å². The molecule has 1 aromatic rings. The zero-order valence-corrected chi connectivity index (χ0v) is 11.0. The number of hydrogen-bond donors (Lipinski definition) is 2. The fraction of sp³-hybridized carbons (Fsp3) is 0.455. The topological polar surface area (TPSA) is 92.2 Å². The molecular formula is C11H15N3O3S. The van der Waals surface area contributed by atoms with Crippen molar-refractivity contribution >= 4 is 23.6 Å². The van der Waals surface area contributed by atoms with Crippen LogP contribution in [0.4, 0.5) is 0 Å². The Morgan fingerprint density at radius 1 is 1.39 bits per heavy atom. The lowest BCUT2D eigenvalue weighted by Crippen LogP contribution is -2.36. The van der Waals surface area contributed by atoms with E-state index in [1.165, 1.54) is 6.20 Å². The lowest BCUT2D eigenvalue weighted by molar-refractivity contribution is 0.0689. The Hall–Kier alpha value is -1.63. The number of carboxylic acids is 1. The normalized spacial score (nSPS) is 11.9. The zero-order valence-electron chi connectivity index (χ0n) is 10.2. The van der Waals surface area contributed by atoms with Crippen LogP contribution in [0.2, 0.25) is 0 Å². The van der Waals surface area contributed by atoms with Crippen molar-refractivity contribution < 1.29 is 14.7 Å². The molecule has 0 fully saturated rings. The average Bonchev–Trinajstić information content (AvgIpc) is 2.38. The standard InChI is InChI=1S/C11H15N3O3S/c1-3-7(6-18-2)14-10(15)8-4-13-9(5-12-8)11(16)17/h4-5,7H,3,6H2,1-2H3,(H,14,15)(H,16,17). The van der Waals surface area contributed by atoms with Gasteiger partial charge in [-0.2, -0.15) is 11.8 Å². The molecule has 1 amide bonds. The van der Waals surface area contributed by atoms with Crippen LogP contribution in [-0.4, -0.2) is 45.0 Å². The highest BCUT2D eigenvalue weighted by molar-refractivity contribution is 7.98. The molecule has 0 spiro atoms. The van der Waals surface area contributed by atoms with Gasteiger partial charge in [0, 0.05) is 11.8 Å². The molecule has 0 aliphatic rings. The maximum Gasteiger partial charge on any atom is 0.356 e. The number of aromatic nitrogens is 2. The van der Waals surface area contributed by atoms with Crippen LogP contribution in [0.5, 0.6) is 0 Å². The van der Waals surface area contributed by atoms with Crippen molar-refractivity contribution in [1.29, 1.82) is 0 Å². The molecule has 98 valence electrons. The van der Waals surface area contributed by atoms with E-state index in [2.05, 4.69) is 15.3 Å². The highest BCUT2D eigenvalue weighted by atomic mass is 32.2. The molecule has 0 aromatic carbocycles. The van der Waals surface area contributed by atoms with E-state index in [-0.39, 0.29) is 23.3 Å². The van der Waals surface area contributed by atoms with Crippen LogP contribution in [0.25, 0.3) is 0 Å². The number of carboxylic acid groups (broad SMARTS) is 1. The Kier molecular flexibility index (Phi) is 5.57. The van der Waals surface area contributed by atoms with E-state index in [1.54, 1.807) is 11.8 Å². The van der Waals surface area contributed by atoms with Gasteiger partial charge < -0.3 is 10.4 Å². The minimum Gasteiger partial charge on any atom is -0.476 e. The van der Waals surface area contributed by atoms with Gasteiger partial charge in [0.1, 0.15) is 5.69 Å². The second-order valence-electron chi connectivity index (χ2n) is 3.63. The van der Waals surface area contributed by atoms with Gasteiger partial charge in [-0.3, -0.25) is 4.79 Å². The number of hydrogen-bond acceptors (Lipinski definition) is 5. The van der Waals surface area contributed by atoms with Gasteiger partial charge in [0.25, 0.3) is 5.91 Å². The molecule has 1 atom stereocenters. The molecule has 0 aliphatic carbocycles. The molecule has 7 heteroatoms. The minimum atomic E-state index is -1.16. The first-order valence-electron chi connectivity index (χ1n) is 5.43. The molecule has 1 unspecified atom stereocenters. The van der Waals surface area contributed by atoms with Crippen LogP contribution in [0, 0.1) is 0 Å². The Labute approximate surface area is 109 Å². The van der Waals surface area contributed by atoms with E-state index in [4.69, 9.17) is 5.11 Å². The van der Waals surface area contributed by atoms with Crippen molar-refractivity contribution in [3.05, 3.63) is 23.8 Å². The van der Waals surface area contributed by atoms with Crippen molar-refractivity contribution in [2.75, 3.05) is 12.0 Å². The summed E-state index contributed by atoms with van der Waals surface area (Å²) in [5, 5.41) is 11.5. The molecule has 1 heterocycles. The van der Waals surface area contributed by atoms with Gasteiger partial charge in [0.2, 0.25) is 0 Å². The molecule has 0 saturated carbocycles. The molecular weight excluding hydrogens is 254 g/mol. The van der Waals surface area contributed by atoms with E-state index in [9.17, 15) is 9.59 Å². The third-order valence-corrected chi connectivity index (χ3v) is 3.04. The van der Waals surface area contributed by atoms with Gasteiger partial charge in [-0.15, -0.1) is 0 Å². The number of thioether (sulfide) groups is 1. The molecule has 1 aromatic heterocycles. The Balaban J connectivity index is 2.69. The number of amides is 1. The largest absolute Gasteiger partial charge is 0.476 e. The number of aromatic carboxylic acids is 1. The molecule has 0 bridgehead atoms. The van der Waals surface area contributed by atoms with Crippen LogP contribution in [0.1, 0.15) is 34.3 Å². The molecule has 0 aliphatic heterocycles. The Bertz CT molecular complexity index is 422. The first-order valence-corrected chi connectivity index (χ1v) is 6.83. The summed E-state index contributed by atoms with van der Waals surface area (Å²) in [6.07, 6.45) is 5.04. The number of rotatable bonds is 6. The van der Waals surface area contributed by atoms with Crippen molar-refractivity contribution in [2.45, 2.75) is 19.4 Å². The van der Waals surface area contributed by atoms with Crippen LogP contribution in [-0.2, 0) is 0 Å². The SMILES string of the molecule is CCC(CSC)NC(=O)c1cnc(C(=O)O)cn1. The summed E-state index contributed by atoms with van der Waals surface area (Å²) in [5.74, 6) is -0.674. The molecule has 2 N–H and O–H groups in total. The minimum absolute atomic E-state index is 0.0773. The fourth-order valence-electron chi connectivity index (χ4n) is 1.28. The van der Waals surface area contributed by atoms with Gasteiger partial charge >= 0.3 is 5.97 Å². The second kappa shape index (κ2) is 6.95. The molecule has 6 nitrogen and oxygen atoms in total. The molecule has 18 heavy (non-hydrogen) atoms. The van der Waals surface area contributed by atoms with Crippen LogP contribution in [0.3, 0.4) is 0 Å². The second-order valence-corrected chi connectivity index (χ2v) is 4.54. The summed E-state index contributed by atoms with van der Waals surface area (Å²) in [4.78, 5) is 29.8.